The number of amides is 2. The van der Waals surface area contributed by atoms with Gasteiger partial charge < -0.3 is 4.74 Å². The Morgan fingerprint density at radius 1 is 1.29 bits per heavy atom. The van der Waals surface area contributed by atoms with E-state index >= 15 is 0 Å². The molecule has 8 heteroatoms. The molecule has 2 atom stereocenters. The zero-order chi connectivity index (χ0) is 15.2. The molecule has 4 N–H and O–H groups in total. The molecule has 0 aliphatic carbocycles. The van der Waals surface area contributed by atoms with E-state index < -0.39 is 12.1 Å². The van der Waals surface area contributed by atoms with E-state index in [0.717, 1.165) is 10.0 Å². The number of benzene rings is 1. The summed E-state index contributed by atoms with van der Waals surface area (Å²) in [4.78, 5) is 23.0. The fraction of sp³-hybridized carbons (Fsp3) is 0.385. The first-order valence-electron chi connectivity index (χ1n) is 6.59. The van der Waals surface area contributed by atoms with Crippen LogP contribution in [0, 0.1) is 0 Å². The van der Waals surface area contributed by atoms with E-state index in [1.165, 1.54) is 0 Å². The Bertz CT molecular complexity index is 509. The molecule has 2 unspecified atom stereocenters. The largest absolute Gasteiger partial charge is 0.449 e. The number of ether oxygens (including phenoxy) is 1. The number of rotatable bonds is 3. The third-order valence-electron chi connectivity index (χ3n) is 3.06. The number of hydrazine groups is 2. The molecule has 1 aromatic carbocycles. The Balaban J connectivity index is 1.83. The maximum Gasteiger partial charge on any atom is 0.426 e. The normalized spacial score (nSPS) is 20.9. The van der Waals surface area contributed by atoms with Crippen LogP contribution in [-0.4, -0.2) is 24.6 Å². The van der Waals surface area contributed by atoms with Crippen molar-refractivity contribution in [2.24, 2.45) is 0 Å². The number of carbonyl (C=O) groups excluding carboxylic acids is 2. The molecule has 0 saturated carbocycles. The van der Waals surface area contributed by atoms with Gasteiger partial charge in [0.05, 0.1) is 6.61 Å². The molecule has 0 radical (unpaired) electrons. The molecule has 1 heterocycles. The van der Waals surface area contributed by atoms with Gasteiger partial charge >= 0.3 is 6.09 Å². The fourth-order valence-electron chi connectivity index (χ4n) is 2.01. The second-order valence-electron chi connectivity index (χ2n) is 4.52. The Hall–Kier alpha value is -1.64. The second-order valence-corrected chi connectivity index (χ2v) is 5.43. The van der Waals surface area contributed by atoms with Crippen LogP contribution >= 0.6 is 15.9 Å². The van der Waals surface area contributed by atoms with Crippen molar-refractivity contribution in [2.75, 3.05) is 6.61 Å². The molecule has 1 fully saturated rings. The van der Waals surface area contributed by atoms with Gasteiger partial charge in [-0.3, -0.25) is 10.2 Å². The maximum atomic E-state index is 11.9. The first-order chi connectivity index (χ1) is 10.1. The van der Waals surface area contributed by atoms with Crippen LogP contribution in [0.5, 0.6) is 0 Å². The molecular formula is C13H17BrN4O3. The van der Waals surface area contributed by atoms with E-state index in [9.17, 15) is 9.59 Å². The summed E-state index contributed by atoms with van der Waals surface area (Å²) in [6.45, 7) is 1.93. The number of hydrogen-bond donors (Lipinski definition) is 4. The van der Waals surface area contributed by atoms with E-state index in [1.54, 1.807) is 6.92 Å². The molecule has 7 nitrogen and oxygen atoms in total. The average Bonchev–Trinajstić information content (AvgIpc) is 2.96. The molecule has 21 heavy (non-hydrogen) atoms. The van der Waals surface area contributed by atoms with Crippen molar-refractivity contribution >= 4 is 27.9 Å². The van der Waals surface area contributed by atoms with Crippen molar-refractivity contribution in [2.45, 2.75) is 25.4 Å². The summed E-state index contributed by atoms with van der Waals surface area (Å²) in [5.74, 6) is -0.324. The number of halogens is 1. The minimum atomic E-state index is -0.679. The van der Waals surface area contributed by atoms with E-state index in [2.05, 4.69) is 42.4 Å². The van der Waals surface area contributed by atoms with Crippen LogP contribution < -0.4 is 21.7 Å². The van der Waals surface area contributed by atoms with Gasteiger partial charge in [0.1, 0.15) is 6.04 Å². The van der Waals surface area contributed by atoms with E-state index in [0.29, 0.717) is 6.42 Å². The molecule has 1 aliphatic heterocycles. The van der Waals surface area contributed by atoms with Gasteiger partial charge in [0.25, 0.3) is 5.91 Å². The van der Waals surface area contributed by atoms with Gasteiger partial charge in [-0.25, -0.2) is 21.1 Å². The van der Waals surface area contributed by atoms with Gasteiger partial charge in [-0.15, -0.1) is 0 Å². The van der Waals surface area contributed by atoms with E-state index in [4.69, 9.17) is 0 Å². The summed E-state index contributed by atoms with van der Waals surface area (Å²) in [5, 5.41) is 0. The van der Waals surface area contributed by atoms with Crippen LogP contribution in [0.25, 0.3) is 0 Å². The van der Waals surface area contributed by atoms with Crippen molar-refractivity contribution < 1.29 is 14.3 Å². The smallest absolute Gasteiger partial charge is 0.426 e. The first kappa shape index (κ1) is 15.7. The van der Waals surface area contributed by atoms with Crippen molar-refractivity contribution in [3.05, 3.63) is 34.3 Å². The predicted octanol–water partition coefficient (Wildman–Crippen LogP) is 1.13. The molecule has 0 bridgehead atoms. The molecule has 1 aromatic rings. The monoisotopic (exact) mass is 356 g/mol. The van der Waals surface area contributed by atoms with Crippen LogP contribution in [0.3, 0.4) is 0 Å². The Kier molecular flexibility index (Phi) is 5.54. The molecule has 2 rings (SSSR count). The molecule has 2 amide bonds. The summed E-state index contributed by atoms with van der Waals surface area (Å²) in [6, 6.07) is 7.48. The topological polar surface area (TPSA) is 91.5 Å². The van der Waals surface area contributed by atoms with Crippen molar-refractivity contribution in [1.82, 2.24) is 21.7 Å². The maximum absolute atomic E-state index is 11.9. The highest BCUT2D eigenvalue weighted by molar-refractivity contribution is 9.10. The van der Waals surface area contributed by atoms with Gasteiger partial charge in [0.15, 0.2) is 0 Å². The fourth-order valence-corrected chi connectivity index (χ4v) is 2.27. The quantitative estimate of drug-likeness (QED) is 0.609. The average molecular weight is 357 g/mol. The lowest BCUT2D eigenvalue weighted by molar-refractivity contribution is -0.123. The van der Waals surface area contributed by atoms with Crippen molar-refractivity contribution in [1.29, 1.82) is 0 Å². The molecule has 1 aliphatic rings. The molecule has 0 aromatic heterocycles. The summed E-state index contributed by atoms with van der Waals surface area (Å²) < 4.78 is 5.66. The Morgan fingerprint density at radius 2 is 2.00 bits per heavy atom. The zero-order valence-electron chi connectivity index (χ0n) is 11.5. The Labute approximate surface area is 130 Å². The van der Waals surface area contributed by atoms with Crippen LogP contribution in [0.15, 0.2) is 28.7 Å². The van der Waals surface area contributed by atoms with Gasteiger partial charge in [-0.05, 0) is 31.0 Å². The lowest BCUT2D eigenvalue weighted by Crippen LogP contribution is -2.50. The third-order valence-corrected chi connectivity index (χ3v) is 3.58. The summed E-state index contributed by atoms with van der Waals surface area (Å²) >= 11 is 3.38. The van der Waals surface area contributed by atoms with Gasteiger partial charge in [-0.2, -0.15) is 0 Å². The second kappa shape index (κ2) is 7.39. The van der Waals surface area contributed by atoms with E-state index in [-0.39, 0.29) is 18.6 Å². The minimum absolute atomic E-state index is 0.0384. The number of carbonyl (C=O) groups is 2. The zero-order valence-corrected chi connectivity index (χ0v) is 13.1. The first-order valence-corrected chi connectivity index (χ1v) is 7.38. The highest BCUT2D eigenvalue weighted by Gasteiger charge is 2.30. The number of hydrogen-bond acceptors (Lipinski definition) is 5. The van der Waals surface area contributed by atoms with Crippen LogP contribution in [0.1, 0.15) is 24.9 Å². The molecule has 0 spiro atoms. The van der Waals surface area contributed by atoms with Crippen LogP contribution in [0.2, 0.25) is 0 Å². The van der Waals surface area contributed by atoms with Gasteiger partial charge in [-0.1, -0.05) is 28.1 Å². The lowest BCUT2D eigenvalue weighted by Gasteiger charge is -2.11. The van der Waals surface area contributed by atoms with E-state index in [1.807, 2.05) is 24.3 Å². The lowest BCUT2D eigenvalue weighted by atomic mass is 10.0. The minimum Gasteiger partial charge on any atom is -0.449 e. The van der Waals surface area contributed by atoms with Crippen LogP contribution in [-0.2, 0) is 9.53 Å². The Morgan fingerprint density at radius 3 is 2.67 bits per heavy atom. The van der Waals surface area contributed by atoms with Crippen molar-refractivity contribution in [3.63, 3.8) is 0 Å². The highest BCUT2D eigenvalue weighted by Crippen LogP contribution is 2.23. The van der Waals surface area contributed by atoms with Gasteiger partial charge in [0.2, 0.25) is 0 Å². The third kappa shape index (κ3) is 4.42. The number of nitrogens with one attached hydrogen (secondary N) is 4. The summed E-state index contributed by atoms with van der Waals surface area (Å²) in [7, 11) is 0. The SMILES string of the molecule is CCOC(=O)NNC(=O)C1CC(c2ccc(Br)cc2)NN1. The summed E-state index contributed by atoms with van der Waals surface area (Å²) in [5.41, 5.74) is 11.6. The van der Waals surface area contributed by atoms with Crippen LogP contribution in [0.4, 0.5) is 4.79 Å². The van der Waals surface area contributed by atoms with Crippen molar-refractivity contribution in [3.8, 4) is 0 Å². The summed E-state index contributed by atoms with van der Waals surface area (Å²) in [6.07, 6.45) is -0.0981. The molecular weight excluding hydrogens is 340 g/mol. The van der Waals surface area contributed by atoms with Gasteiger partial charge in [0, 0.05) is 10.5 Å². The predicted molar refractivity (Wildman–Crippen MR) is 79.9 cm³/mol. The molecule has 114 valence electrons. The molecule has 1 saturated heterocycles. The standard InChI is InChI=1S/C13H17BrN4O3/c1-2-21-13(20)18-17-12(19)11-7-10(15-16-11)8-3-5-9(14)6-4-8/h3-6,10-11,15-16H,2,7H2,1H3,(H,17,19)(H,18,20). The highest BCUT2D eigenvalue weighted by atomic mass is 79.9.